The van der Waals surface area contributed by atoms with Crippen molar-refractivity contribution < 1.29 is 14.3 Å². The first-order chi connectivity index (χ1) is 13.3. The number of amides is 1. The van der Waals surface area contributed by atoms with Crippen molar-refractivity contribution in [1.29, 1.82) is 0 Å². The van der Waals surface area contributed by atoms with Crippen molar-refractivity contribution in [2.75, 3.05) is 13.2 Å². The van der Waals surface area contributed by atoms with Gasteiger partial charge in [0.15, 0.2) is 17.2 Å². The van der Waals surface area contributed by atoms with Crippen LogP contribution in [0.2, 0.25) is 0 Å². The molecule has 1 amide bonds. The van der Waals surface area contributed by atoms with E-state index in [2.05, 4.69) is 27.8 Å². The van der Waals surface area contributed by atoms with Crippen LogP contribution in [0.5, 0.6) is 11.5 Å². The Kier molecular flexibility index (Phi) is 5.00. The summed E-state index contributed by atoms with van der Waals surface area (Å²) in [6.07, 6.45) is 2.25. The largest absolute Gasteiger partial charge is 0.486 e. The predicted molar refractivity (Wildman–Crippen MR) is 98.9 cm³/mol. The van der Waals surface area contributed by atoms with Crippen LogP contribution in [-0.4, -0.2) is 40.2 Å². The van der Waals surface area contributed by atoms with Gasteiger partial charge in [-0.15, -0.1) is 5.10 Å². The van der Waals surface area contributed by atoms with Gasteiger partial charge in [0, 0.05) is 6.54 Å². The minimum Gasteiger partial charge on any atom is -0.486 e. The minimum atomic E-state index is -0.275. The number of benzene rings is 2. The van der Waals surface area contributed by atoms with Crippen LogP contribution in [0.4, 0.5) is 0 Å². The van der Waals surface area contributed by atoms with E-state index in [-0.39, 0.29) is 12.0 Å². The number of para-hydroxylation sites is 2. The topological polar surface area (TPSA) is 78.3 Å². The van der Waals surface area contributed by atoms with E-state index < -0.39 is 0 Å². The fourth-order valence-corrected chi connectivity index (χ4v) is 2.86. The monoisotopic (exact) mass is 364 g/mol. The molecule has 2 aromatic carbocycles. The molecule has 0 bridgehead atoms. The lowest BCUT2D eigenvalue weighted by Gasteiger charge is -2.26. The second-order valence-electron chi connectivity index (χ2n) is 6.31. The number of carbonyl (C=O) groups excluding carboxylic acids is 1. The van der Waals surface area contributed by atoms with Crippen molar-refractivity contribution >= 4 is 5.91 Å². The highest BCUT2D eigenvalue weighted by atomic mass is 16.6. The molecule has 1 aliphatic rings. The summed E-state index contributed by atoms with van der Waals surface area (Å²) in [6, 6.07) is 17.6. The third-order valence-electron chi connectivity index (χ3n) is 4.30. The predicted octanol–water partition coefficient (Wildman–Crippen LogP) is 2.09. The Labute approximate surface area is 156 Å². The zero-order valence-corrected chi connectivity index (χ0v) is 14.7. The molecule has 0 radical (unpaired) electrons. The highest BCUT2D eigenvalue weighted by Crippen LogP contribution is 2.30. The molecular weight excluding hydrogens is 344 g/mol. The Morgan fingerprint density at radius 1 is 1.11 bits per heavy atom. The molecule has 1 N–H and O–H groups in total. The second-order valence-corrected chi connectivity index (χ2v) is 6.31. The quantitative estimate of drug-likeness (QED) is 0.725. The summed E-state index contributed by atoms with van der Waals surface area (Å²) in [6.45, 7) is 1.39. The van der Waals surface area contributed by atoms with E-state index in [0.717, 1.165) is 12.2 Å². The van der Waals surface area contributed by atoms with Gasteiger partial charge in [-0.05, 0) is 24.1 Å². The first kappa shape index (κ1) is 17.1. The molecule has 0 saturated carbocycles. The molecule has 0 saturated heterocycles. The third-order valence-corrected chi connectivity index (χ3v) is 4.30. The fraction of sp³-hybridized carbons (Fsp3) is 0.250. The number of aromatic nitrogens is 3. The molecule has 0 spiro atoms. The van der Waals surface area contributed by atoms with Crippen LogP contribution in [-0.2, 0) is 13.0 Å². The third kappa shape index (κ3) is 4.25. The maximum absolute atomic E-state index is 12.3. The Morgan fingerprint density at radius 3 is 2.74 bits per heavy atom. The number of rotatable bonds is 6. The maximum atomic E-state index is 12.3. The first-order valence-electron chi connectivity index (χ1n) is 8.89. The molecule has 2 heterocycles. The van der Waals surface area contributed by atoms with E-state index in [1.807, 2.05) is 42.5 Å². The van der Waals surface area contributed by atoms with Crippen LogP contribution >= 0.6 is 0 Å². The first-order valence-corrected chi connectivity index (χ1v) is 8.89. The molecule has 0 unspecified atom stereocenters. The van der Waals surface area contributed by atoms with Gasteiger partial charge in [0.2, 0.25) is 0 Å². The second kappa shape index (κ2) is 7.90. The number of ether oxygens (including phenoxy) is 2. The van der Waals surface area contributed by atoms with Gasteiger partial charge in [0.1, 0.15) is 12.7 Å². The molecule has 7 nitrogen and oxygen atoms in total. The molecule has 4 rings (SSSR count). The molecule has 0 fully saturated rings. The molecular formula is C20H20N4O3. The van der Waals surface area contributed by atoms with Gasteiger partial charge in [-0.1, -0.05) is 47.7 Å². The highest BCUT2D eigenvalue weighted by Gasteiger charge is 2.21. The number of hydrogen-bond acceptors (Lipinski definition) is 5. The van der Waals surface area contributed by atoms with E-state index in [9.17, 15) is 4.79 Å². The van der Waals surface area contributed by atoms with Gasteiger partial charge < -0.3 is 14.8 Å². The lowest BCUT2D eigenvalue weighted by atomic mass is 10.1. The number of nitrogens with one attached hydrogen (secondary N) is 1. The normalized spacial score (nSPS) is 15.3. The molecule has 27 heavy (non-hydrogen) atoms. The Balaban J connectivity index is 1.27. The summed E-state index contributed by atoms with van der Waals surface area (Å²) in [5.41, 5.74) is 1.51. The van der Waals surface area contributed by atoms with Crippen LogP contribution < -0.4 is 14.8 Å². The van der Waals surface area contributed by atoms with Crippen LogP contribution in [0, 0.1) is 0 Å². The van der Waals surface area contributed by atoms with Crippen LogP contribution in [0.3, 0.4) is 0 Å². The Bertz CT molecular complexity index is 910. The zero-order chi connectivity index (χ0) is 18.5. The molecule has 1 aliphatic heterocycles. The standard InChI is InChI=1S/C20H20N4O3/c25-20(21-12-16-14-26-18-8-4-5-9-19(18)27-16)17-13-24(23-22-17)11-10-15-6-2-1-3-7-15/h1-9,13,16H,10-12,14H2,(H,21,25)/t16-/m0/s1. The number of fused-ring (bicyclic) bond motifs is 1. The summed E-state index contributed by atoms with van der Waals surface area (Å²) < 4.78 is 13.2. The summed E-state index contributed by atoms with van der Waals surface area (Å²) in [5, 5.41) is 10.8. The average molecular weight is 364 g/mol. The lowest BCUT2D eigenvalue weighted by Crippen LogP contribution is -2.40. The van der Waals surface area contributed by atoms with E-state index in [0.29, 0.717) is 31.1 Å². The van der Waals surface area contributed by atoms with Gasteiger partial charge in [-0.2, -0.15) is 0 Å². The highest BCUT2D eigenvalue weighted by molar-refractivity contribution is 5.91. The van der Waals surface area contributed by atoms with Gasteiger partial charge in [0.25, 0.3) is 5.91 Å². The minimum absolute atomic E-state index is 0.239. The molecule has 1 aromatic heterocycles. The number of nitrogens with zero attached hydrogens (tertiary/aromatic N) is 3. The van der Waals surface area contributed by atoms with Crippen molar-refractivity contribution in [2.45, 2.75) is 19.1 Å². The Hall–Kier alpha value is -3.35. The molecule has 3 aromatic rings. The van der Waals surface area contributed by atoms with Crippen LogP contribution in [0.15, 0.2) is 60.8 Å². The summed E-state index contributed by atoms with van der Waals surface area (Å²) in [7, 11) is 0. The summed E-state index contributed by atoms with van der Waals surface area (Å²) in [5.74, 6) is 1.14. The van der Waals surface area contributed by atoms with E-state index in [4.69, 9.17) is 9.47 Å². The number of aryl methyl sites for hydroxylation is 2. The SMILES string of the molecule is O=C(NC[C@H]1COc2ccccc2O1)c1cn(CCc2ccccc2)nn1. The molecule has 1 atom stereocenters. The smallest absolute Gasteiger partial charge is 0.273 e. The van der Waals surface area contributed by atoms with E-state index >= 15 is 0 Å². The fourth-order valence-electron chi connectivity index (χ4n) is 2.86. The van der Waals surface area contributed by atoms with Crippen molar-refractivity contribution in [2.24, 2.45) is 0 Å². The van der Waals surface area contributed by atoms with Crippen molar-refractivity contribution in [1.82, 2.24) is 20.3 Å². The average Bonchev–Trinajstić information content (AvgIpc) is 3.20. The molecule has 138 valence electrons. The molecule has 0 aliphatic carbocycles. The zero-order valence-electron chi connectivity index (χ0n) is 14.7. The Morgan fingerprint density at radius 2 is 1.89 bits per heavy atom. The van der Waals surface area contributed by atoms with E-state index in [1.165, 1.54) is 5.56 Å². The maximum Gasteiger partial charge on any atom is 0.273 e. The lowest BCUT2D eigenvalue weighted by molar-refractivity contribution is 0.0786. The van der Waals surface area contributed by atoms with Crippen LogP contribution in [0.25, 0.3) is 0 Å². The van der Waals surface area contributed by atoms with Gasteiger partial charge >= 0.3 is 0 Å². The molecule has 7 heteroatoms. The van der Waals surface area contributed by atoms with Gasteiger partial charge in [-0.25, -0.2) is 0 Å². The summed E-state index contributed by atoms with van der Waals surface area (Å²) >= 11 is 0. The summed E-state index contributed by atoms with van der Waals surface area (Å²) in [4.78, 5) is 12.3. The van der Waals surface area contributed by atoms with Crippen molar-refractivity contribution in [3.8, 4) is 11.5 Å². The van der Waals surface area contributed by atoms with Crippen LogP contribution in [0.1, 0.15) is 16.1 Å². The van der Waals surface area contributed by atoms with Crippen molar-refractivity contribution in [3.63, 3.8) is 0 Å². The number of carbonyl (C=O) groups is 1. The van der Waals surface area contributed by atoms with E-state index in [1.54, 1.807) is 10.9 Å². The number of hydrogen-bond donors (Lipinski definition) is 1. The van der Waals surface area contributed by atoms with Gasteiger partial charge in [-0.3, -0.25) is 9.48 Å². The van der Waals surface area contributed by atoms with Crippen molar-refractivity contribution in [3.05, 3.63) is 72.1 Å². The van der Waals surface area contributed by atoms with Gasteiger partial charge in [0.05, 0.1) is 12.7 Å².